The Hall–Kier alpha value is -1.25. The molecule has 0 saturated carbocycles. The van der Waals surface area contributed by atoms with Gasteiger partial charge in [0.1, 0.15) is 0 Å². The van der Waals surface area contributed by atoms with Crippen LogP contribution in [0, 0.1) is 6.92 Å². The van der Waals surface area contributed by atoms with Crippen molar-refractivity contribution in [1.29, 1.82) is 0 Å². The second-order valence-electron chi connectivity index (χ2n) is 4.14. The molecule has 2 rings (SSSR count). The highest BCUT2D eigenvalue weighted by Crippen LogP contribution is 2.23. The van der Waals surface area contributed by atoms with Crippen LogP contribution in [-0.4, -0.2) is 5.75 Å². The van der Waals surface area contributed by atoms with E-state index < -0.39 is 0 Å². The molecule has 88 valence electrons. The van der Waals surface area contributed by atoms with Gasteiger partial charge in [-0.05, 0) is 24.6 Å². The van der Waals surface area contributed by atoms with Gasteiger partial charge in [0, 0.05) is 16.7 Å². The van der Waals surface area contributed by atoms with Gasteiger partial charge in [0.05, 0.1) is 0 Å². The van der Waals surface area contributed by atoms with Crippen LogP contribution in [-0.2, 0) is 0 Å². The Bertz CT molecular complexity index is 450. The summed E-state index contributed by atoms with van der Waals surface area (Å²) in [5, 5.41) is 0. The van der Waals surface area contributed by atoms with E-state index in [-0.39, 0.29) is 6.04 Å². The topological polar surface area (TPSA) is 26.0 Å². The highest BCUT2D eigenvalue weighted by atomic mass is 32.2. The first-order valence-corrected chi connectivity index (χ1v) is 6.74. The van der Waals surface area contributed by atoms with Crippen LogP contribution in [0.4, 0.5) is 0 Å². The molecule has 2 heteroatoms. The van der Waals surface area contributed by atoms with Gasteiger partial charge in [-0.2, -0.15) is 0 Å². The summed E-state index contributed by atoms with van der Waals surface area (Å²) < 4.78 is 0. The minimum Gasteiger partial charge on any atom is -0.323 e. The number of rotatable bonds is 4. The van der Waals surface area contributed by atoms with Gasteiger partial charge in [0.15, 0.2) is 0 Å². The number of benzene rings is 2. The zero-order valence-electron chi connectivity index (χ0n) is 9.97. The summed E-state index contributed by atoms with van der Waals surface area (Å²) in [4.78, 5) is 1.28. The van der Waals surface area contributed by atoms with Crippen molar-refractivity contribution >= 4 is 11.8 Å². The third kappa shape index (κ3) is 3.62. The van der Waals surface area contributed by atoms with E-state index in [1.165, 1.54) is 16.0 Å². The van der Waals surface area contributed by atoms with Crippen LogP contribution in [0.3, 0.4) is 0 Å². The fraction of sp³-hybridized carbons (Fsp3) is 0.200. The van der Waals surface area contributed by atoms with Crippen molar-refractivity contribution < 1.29 is 0 Å². The van der Waals surface area contributed by atoms with E-state index in [0.29, 0.717) is 0 Å². The van der Waals surface area contributed by atoms with E-state index in [2.05, 4.69) is 43.3 Å². The fourth-order valence-corrected chi connectivity index (χ4v) is 2.51. The number of nitrogens with two attached hydrogens (primary N) is 1. The smallest absolute Gasteiger partial charge is 0.0390 e. The molecule has 0 aliphatic heterocycles. The Balaban J connectivity index is 1.92. The fourth-order valence-electron chi connectivity index (χ4n) is 1.62. The molecule has 2 aromatic rings. The minimum atomic E-state index is 0.0995. The Labute approximate surface area is 107 Å². The molecule has 0 amide bonds. The first kappa shape index (κ1) is 12.2. The van der Waals surface area contributed by atoms with Gasteiger partial charge in [-0.3, -0.25) is 0 Å². The maximum absolute atomic E-state index is 6.15. The van der Waals surface area contributed by atoms with Gasteiger partial charge in [-0.25, -0.2) is 0 Å². The lowest BCUT2D eigenvalue weighted by Gasteiger charge is -2.11. The number of aryl methyl sites for hydroxylation is 1. The van der Waals surface area contributed by atoms with Gasteiger partial charge in [0.25, 0.3) is 0 Å². The van der Waals surface area contributed by atoms with Crippen molar-refractivity contribution in [2.75, 3.05) is 5.75 Å². The summed E-state index contributed by atoms with van der Waals surface area (Å²) >= 11 is 1.81. The Kier molecular flexibility index (Phi) is 4.24. The summed E-state index contributed by atoms with van der Waals surface area (Å²) in [6.45, 7) is 2.10. The molecule has 0 aromatic heterocycles. The molecule has 17 heavy (non-hydrogen) atoms. The first-order chi connectivity index (χ1) is 8.25. The minimum absolute atomic E-state index is 0.0995. The van der Waals surface area contributed by atoms with Crippen LogP contribution < -0.4 is 5.73 Å². The molecule has 1 nitrogen and oxygen atoms in total. The van der Waals surface area contributed by atoms with Gasteiger partial charge < -0.3 is 5.73 Å². The van der Waals surface area contributed by atoms with Crippen molar-refractivity contribution in [3.63, 3.8) is 0 Å². The van der Waals surface area contributed by atoms with E-state index in [1.807, 2.05) is 30.0 Å². The lowest BCUT2D eigenvalue weighted by molar-refractivity contribution is 0.831. The molecule has 0 saturated heterocycles. The van der Waals surface area contributed by atoms with Crippen molar-refractivity contribution in [3.8, 4) is 0 Å². The highest BCUT2D eigenvalue weighted by Gasteiger charge is 2.05. The molecule has 0 bridgehead atoms. The summed E-state index contributed by atoms with van der Waals surface area (Å²) in [7, 11) is 0. The number of hydrogen-bond acceptors (Lipinski definition) is 2. The van der Waals surface area contributed by atoms with Gasteiger partial charge in [0.2, 0.25) is 0 Å². The van der Waals surface area contributed by atoms with Crippen LogP contribution >= 0.6 is 11.8 Å². The Morgan fingerprint density at radius 1 is 1.00 bits per heavy atom. The molecular weight excluding hydrogens is 226 g/mol. The van der Waals surface area contributed by atoms with Crippen LogP contribution in [0.2, 0.25) is 0 Å². The van der Waals surface area contributed by atoms with Crippen LogP contribution in [0.25, 0.3) is 0 Å². The predicted octanol–water partition coefficient (Wildman–Crippen LogP) is 3.79. The van der Waals surface area contributed by atoms with Crippen LogP contribution in [0.15, 0.2) is 59.5 Å². The molecule has 0 radical (unpaired) electrons. The van der Waals surface area contributed by atoms with E-state index in [0.717, 1.165) is 5.75 Å². The molecule has 0 heterocycles. The SMILES string of the molecule is Cc1ccc(SC[C@H](N)c2ccccc2)cc1. The van der Waals surface area contributed by atoms with Crippen molar-refractivity contribution in [2.24, 2.45) is 5.73 Å². The zero-order chi connectivity index (χ0) is 12.1. The van der Waals surface area contributed by atoms with Crippen LogP contribution in [0.5, 0.6) is 0 Å². The van der Waals surface area contributed by atoms with Crippen molar-refractivity contribution in [3.05, 3.63) is 65.7 Å². The largest absolute Gasteiger partial charge is 0.323 e. The lowest BCUT2D eigenvalue weighted by Crippen LogP contribution is -2.12. The molecule has 0 unspecified atom stereocenters. The number of hydrogen-bond donors (Lipinski definition) is 1. The van der Waals surface area contributed by atoms with E-state index >= 15 is 0 Å². The quantitative estimate of drug-likeness (QED) is 0.827. The molecular formula is C15H17NS. The van der Waals surface area contributed by atoms with Crippen LogP contribution in [0.1, 0.15) is 17.2 Å². The Morgan fingerprint density at radius 2 is 1.65 bits per heavy atom. The second-order valence-corrected chi connectivity index (χ2v) is 5.23. The normalized spacial score (nSPS) is 12.4. The maximum Gasteiger partial charge on any atom is 0.0390 e. The predicted molar refractivity (Wildman–Crippen MR) is 75.3 cm³/mol. The van der Waals surface area contributed by atoms with Crippen molar-refractivity contribution in [2.45, 2.75) is 17.9 Å². The summed E-state index contributed by atoms with van der Waals surface area (Å²) in [6, 6.07) is 18.9. The summed E-state index contributed by atoms with van der Waals surface area (Å²) in [5.74, 6) is 0.910. The Morgan fingerprint density at radius 3 is 2.29 bits per heavy atom. The molecule has 0 aliphatic carbocycles. The second kappa shape index (κ2) is 5.89. The molecule has 0 spiro atoms. The van der Waals surface area contributed by atoms with Gasteiger partial charge in [-0.15, -0.1) is 11.8 Å². The number of thioether (sulfide) groups is 1. The van der Waals surface area contributed by atoms with E-state index in [1.54, 1.807) is 0 Å². The summed E-state index contributed by atoms with van der Waals surface area (Å²) in [5.41, 5.74) is 8.65. The lowest BCUT2D eigenvalue weighted by atomic mass is 10.1. The van der Waals surface area contributed by atoms with E-state index in [4.69, 9.17) is 5.73 Å². The average molecular weight is 243 g/mol. The molecule has 0 aliphatic rings. The standard InChI is InChI=1S/C15H17NS/c1-12-7-9-14(10-8-12)17-11-15(16)13-5-3-2-4-6-13/h2-10,15H,11,16H2,1H3/t15-/m0/s1. The van der Waals surface area contributed by atoms with Gasteiger partial charge in [-0.1, -0.05) is 48.0 Å². The molecule has 2 aromatic carbocycles. The highest BCUT2D eigenvalue weighted by molar-refractivity contribution is 7.99. The maximum atomic E-state index is 6.15. The summed E-state index contributed by atoms with van der Waals surface area (Å²) in [6.07, 6.45) is 0. The monoisotopic (exact) mass is 243 g/mol. The molecule has 1 atom stereocenters. The molecule has 2 N–H and O–H groups in total. The third-order valence-electron chi connectivity index (χ3n) is 2.68. The van der Waals surface area contributed by atoms with E-state index in [9.17, 15) is 0 Å². The first-order valence-electron chi connectivity index (χ1n) is 5.76. The molecule has 0 fully saturated rings. The third-order valence-corrected chi connectivity index (χ3v) is 3.81. The van der Waals surface area contributed by atoms with Crippen molar-refractivity contribution in [1.82, 2.24) is 0 Å². The zero-order valence-corrected chi connectivity index (χ0v) is 10.8. The average Bonchev–Trinajstić information content (AvgIpc) is 2.39. The van der Waals surface area contributed by atoms with Gasteiger partial charge >= 0.3 is 0 Å².